The Bertz CT molecular complexity index is 1540. The molecule has 1 atom stereocenters. The van der Waals surface area contributed by atoms with Gasteiger partial charge in [0.25, 0.3) is 5.91 Å². The molecule has 40 heavy (non-hydrogen) atoms. The van der Waals surface area contributed by atoms with Crippen LogP contribution in [0.15, 0.2) is 43.0 Å². The fraction of sp³-hybridized carbons (Fsp3) is 0.346. The van der Waals surface area contributed by atoms with E-state index in [9.17, 15) is 23.1 Å². The molecule has 0 bridgehead atoms. The molecule has 3 aromatic heterocycles. The predicted octanol–water partition coefficient (Wildman–Crippen LogP) is 3.57. The van der Waals surface area contributed by atoms with Crippen molar-refractivity contribution in [2.45, 2.75) is 39.1 Å². The van der Waals surface area contributed by atoms with Gasteiger partial charge < -0.3 is 20.5 Å². The molecule has 0 saturated carbocycles. The van der Waals surface area contributed by atoms with E-state index in [2.05, 4.69) is 25.7 Å². The van der Waals surface area contributed by atoms with Gasteiger partial charge in [0.2, 0.25) is 0 Å². The van der Waals surface area contributed by atoms with Crippen LogP contribution >= 0.6 is 0 Å². The largest absolute Gasteiger partial charge is 0.435 e. The summed E-state index contributed by atoms with van der Waals surface area (Å²) in [6.07, 6.45) is 0.623. The van der Waals surface area contributed by atoms with E-state index in [0.29, 0.717) is 23.5 Å². The van der Waals surface area contributed by atoms with E-state index in [-0.39, 0.29) is 49.1 Å². The Hall–Kier alpha value is -4.48. The zero-order chi connectivity index (χ0) is 28.9. The average molecular weight is 557 g/mol. The number of aliphatic hydroxyl groups excluding tert-OH is 1. The zero-order valence-corrected chi connectivity index (χ0v) is 21.7. The number of aromatic nitrogens is 5. The number of ether oxygens (including phenoxy) is 1. The number of benzene rings is 1. The number of rotatable bonds is 11. The number of aliphatic hydroxyl groups is 1. The van der Waals surface area contributed by atoms with Crippen LogP contribution in [0.3, 0.4) is 0 Å². The summed E-state index contributed by atoms with van der Waals surface area (Å²) in [6, 6.07) is 6.94. The van der Waals surface area contributed by atoms with E-state index in [0.717, 1.165) is 10.2 Å². The highest BCUT2D eigenvalue weighted by molar-refractivity contribution is 5.96. The van der Waals surface area contributed by atoms with E-state index in [1.54, 1.807) is 31.2 Å². The molecule has 0 aliphatic rings. The first kappa shape index (κ1) is 28.5. The second-order valence-corrected chi connectivity index (χ2v) is 8.89. The molecule has 0 radical (unpaired) electrons. The molecule has 0 aliphatic heterocycles. The summed E-state index contributed by atoms with van der Waals surface area (Å²) in [6.45, 7) is 3.92. The van der Waals surface area contributed by atoms with Gasteiger partial charge in [-0.2, -0.15) is 23.5 Å². The number of amides is 1. The first-order valence-electron chi connectivity index (χ1n) is 12.4. The standard InChI is InChI=1S/C26H27F3N8O3/c1-3-17-12-18(4-5-19(17)25(39)32-8-11-40-15-16(2)38)34-23-24-33-13-21(37(24)10-7-31-23)20-14-36(9-6-30)35-22(20)26(27,28)29/h4-5,7,10,12-14,16,38H,3,8-9,11,15H2,1-2H3,(H,31,34)(H,32,39)/t16-/m1/s1. The van der Waals surface area contributed by atoms with Crippen molar-refractivity contribution in [1.82, 2.24) is 29.5 Å². The average Bonchev–Trinajstić information content (AvgIpc) is 3.53. The van der Waals surface area contributed by atoms with E-state index >= 15 is 0 Å². The van der Waals surface area contributed by atoms with Gasteiger partial charge in [-0.3, -0.25) is 13.9 Å². The van der Waals surface area contributed by atoms with Gasteiger partial charge in [0, 0.05) is 36.4 Å². The van der Waals surface area contributed by atoms with Gasteiger partial charge in [0.15, 0.2) is 17.2 Å². The number of fused-ring (bicyclic) bond motifs is 1. The zero-order valence-electron chi connectivity index (χ0n) is 21.7. The summed E-state index contributed by atoms with van der Waals surface area (Å²) < 4.78 is 48.7. The van der Waals surface area contributed by atoms with E-state index < -0.39 is 18.0 Å². The SMILES string of the molecule is CCc1cc(Nc2nccn3c(-c4cn(CC#N)nc4C(F)(F)F)cnc23)ccc1C(=O)NCCOC[C@@H](C)O. The molecule has 210 valence electrons. The number of nitrogens with zero attached hydrogens (tertiary/aromatic N) is 6. The van der Waals surface area contributed by atoms with Crippen molar-refractivity contribution in [3.63, 3.8) is 0 Å². The molecule has 4 rings (SSSR count). The lowest BCUT2D eigenvalue weighted by Crippen LogP contribution is -2.28. The second kappa shape index (κ2) is 12.1. The van der Waals surface area contributed by atoms with Gasteiger partial charge in [-0.1, -0.05) is 6.92 Å². The van der Waals surface area contributed by atoms with Crippen LogP contribution in [0.4, 0.5) is 24.7 Å². The van der Waals surface area contributed by atoms with Gasteiger partial charge in [-0.25, -0.2) is 9.97 Å². The normalized spacial score (nSPS) is 12.3. The first-order valence-corrected chi connectivity index (χ1v) is 12.4. The molecule has 0 aliphatic carbocycles. The van der Waals surface area contributed by atoms with Gasteiger partial charge in [-0.15, -0.1) is 0 Å². The monoisotopic (exact) mass is 556 g/mol. The number of hydrogen-bond donors (Lipinski definition) is 3. The molecule has 0 unspecified atom stereocenters. The van der Waals surface area contributed by atoms with Crippen LogP contribution in [-0.2, 0) is 23.9 Å². The number of carbonyl (C=O) groups excluding carboxylic acids is 1. The fourth-order valence-corrected chi connectivity index (χ4v) is 4.09. The molecular formula is C26H27F3N8O3. The Kier molecular flexibility index (Phi) is 8.66. The number of nitrogens with one attached hydrogen (secondary N) is 2. The van der Waals surface area contributed by atoms with Crippen LogP contribution < -0.4 is 10.6 Å². The Morgan fingerprint density at radius 1 is 1.30 bits per heavy atom. The van der Waals surface area contributed by atoms with Crippen LogP contribution in [0.5, 0.6) is 0 Å². The highest BCUT2D eigenvalue weighted by Crippen LogP contribution is 2.37. The highest BCUT2D eigenvalue weighted by atomic mass is 19.4. The summed E-state index contributed by atoms with van der Waals surface area (Å²) >= 11 is 0. The lowest BCUT2D eigenvalue weighted by atomic mass is 10.0. The van der Waals surface area contributed by atoms with Crippen molar-refractivity contribution in [2.75, 3.05) is 25.1 Å². The molecule has 0 fully saturated rings. The van der Waals surface area contributed by atoms with Gasteiger partial charge >= 0.3 is 6.18 Å². The molecule has 4 aromatic rings. The van der Waals surface area contributed by atoms with Gasteiger partial charge in [-0.05, 0) is 37.1 Å². The third-order valence-corrected chi connectivity index (χ3v) is 5.85. The second-order valence-electron chi connectivity index (χ2n) is 8.89. The number of imidazole rings is 1. The maximum Gasteiger partial charge on any atom is 0.435 e. The van der Waals surface area contributed by atoms with Crippen molar-refractivity contribution in [1.29, 1.82) is 5.26 Å². The van der Waals surface area contributed by atoms with E-state index in [1.807, 2.05) is 6.92 Å². The van der Waals surface area contributed by atoms with Crippen molar-refractivity contribution in [3.8, 4) is 17.3 Å². The molecule has 0 saturated heterocycles. The van der Waals surface area contributed by atoms with Gasteiger partial charge in [0.05, 0.1) is 42.8 Å². The molecule has 3 N–H and O–H groups in total. The smallest absolute Gasteiger partial charge is 0.391 e. The highest BCUT2D eigenvalue weighted by Gasteiger charge is 2.38. The molecule has 3 heterocycles. The third kappa shape index (κ3) is 6.38. The van der Waals surface area contributed by atoms with Crippen LogP contribution in [0.1, 0.15) is 35.5 Å². The van der Waals surface area contributed by atoms with E-state index in [1.165, 1.54) is 29.2 Å². The molecule has 14 heteroatoms. The van der Waals surface area contributed by atoms with Crippen molar-refractivity contribution >= 4 is 23.1 Å². The summed E-state index contributed by atoms with van der Waals surface area (Å²) in [5.41, 5.74) is 0.942. The molecule has 1 aromatic carbocycles. The number of halogens is 3. The minimum Gasteiger partial charge on any atom is -0.391 e. The van der Waals surface area contributed by atoms with Crippen LogP contribution in [-0.4, -0.2) is 61.0 Å². The number of anilines is 2. The van der Waals surface area contributed by atoms with Crippen molar-refractivity contribution < 1.29 is 27.8 Å². The summed E-state index contributed by atoms with van der Waals surface area (Å²) in [5.74, 6) is 0.0285. The number of hydrogen-bond acceptors (Lipinski definition) is 8. The Labute approximate surface area is 227 Å². The van der Waals surface area contributed by atoms with Crippen molar-refractivity contribution in [3.05, 3.63) is 59.8 Å². The maximum absolute atomic E-state index is 13.7. The molecule has 1 amide bonds. The number of aryl methyl sites for hydroxylation is 1. The van der Waals surface area contributed by atoms with Crippen LogP contribution in [0, 0.1) is 11.3 Å². The van der Waals surface area contributed by atoms with Crippen molar-refractivity contribution in [2.24, 2.45) is 0 Å². The quantitative estimate of drug-likeness (QED) is 0.238. The number of carbonyl (C=O) groups is 1. The molecular weight excluding hydrogens is 529 g/mol. The van der Waals surface area contributed by atoms with Gasteiger partial charge in [0.1, 0.15) is 6.54 Å². The fourth-order valence-electron chi connectivity index (χ4n) is 4.09. The maximum atomic E-state index is 13.7. The minimum atomic E-state index is -4.73. The molecule has 0 spiro atoms. The topological polar surface area (TPSA) is 142 Å². The number of nitriles is 1. The Morgan fingerprint density at radius 3 is 2.80 bits per heavy atom. The summed E-state index contributed by atoms with van der Waals surface area (Å²) in [7, 11) is 0. The summed E-state index contributed by atoms with van der Waals surface area (Å²) in [5, 5.41) is 27.6. The number of alkyl halides is 3. The first-order chi connectivity index (χ1) is 19.1. The Morgan fingerprint density at radius 2 is 2.10 bits per heavy atom. The van der Waals surface area contributed by atoms with Crippen LogP contribution in [0.25, 0.3) is 16.9 Å². The lowest BCUT2D eigenvalue weighted by Gasteiger charge is -2.13. The summed E-state index contributed by atoms with van der Waals surface area (Å²) in [4.78, 5) is 21.3. The van der Waals surface area contributed by atoms with Crippen LogP contribution in [0.2, 0.25) is 0 Å². The minimum absolute atomic E-state index is 0.135. The lowest BCUT2D eigenvalue weighted by molar-refractivity contribution is -0.141. The third-order valence-electron chi connectivity index (χ3n) is 5.85. The molecule has 11 nitrogen and oxygen atoms in total. The Balaban J connectivity index is 1.57. The van der Waals surface area contributed by atoms with E-state index in [4.69, 9.17) is 10.00 Å². The predicted molar refractivity (Wildman–Crippen MR) is 139 cm³/mol.